The Balaban J connectivity index is 1.43. The van der Waals surface area contributed by atoms with E-state index in [4.69, 9.17) is 44.5 Å². The molecule has 226 valence electrons. The lowest BCUT2D eigenvalue weighted by Crippen LogP contribution is -2.28. The maximum Gasteiger partial charge on any atom is 0.244 e. The summed E-state index contributed by atoms with van der Waals surface area (Å²) in [6.45, 7) is 2.83. The van der Waals surface area contributed by atoms with Crippen molar-refractivity contribution < 1.29 is 14.6 Å². The second-order valence-corrected chi connectivity index (χ2v) is 11.4. The number of imidazole rings is 1. The summed E-state index contributed by atoms with van der Waals surface area (Å²) in [6, 6.07) is 8.30. The average molecular weight is 647 g/mol. The predicted octanol–water partition coefficient (Wildman–Crippen LogP) is 5.45. The van der Waals surface area contributed by atoms with Gasteiger partial charge in [-0.3, -0.25) is 4.79 Å². The first-order valence-electron chi connectivity index (χ1n) is 13.5. The first kappa shape index (κ1) is 30.8. The van der Waals surface area contributed by atoms with Crippen molar-refractivity contribution in [3.63, 3.8) is 0 Å². The van der Waals surface area contributed by atoms with Gasteiger partial charge in [-0.05, 0) is 65.6 Å². The zero-order chi connectivity index (χ0) is 30.5. The number of hydrogen-bond donors (Lipinski definition) is 5. The number of carbonyl (C=O) groups excluding carboxylic acids is 1. The van der Waals surface area contributed by atoms with Gasteiger partial charge < -0.3 is 30.8 Å². The van der Waals surface area contributed by atoms with Crippen LogP contribution in [0.15, 0.2) is 42.7 Å². The summed E-state index contributed by atoms with van der Waals surface area (Å²) in [4.78, 5) is 21.1. The maximum absolute atomic E-state index is 13.2. The van der Waals surface area contributed by atoms with Gasteiger partial charge in [-0.25, -0.2) is 4.98 Å². The van der Waals surface area contributed by atoms with Crippen LogP contribution in [0.1, 0.15) is 43.6 Å². The Morgan fingerprint density at radius 3 is 2.84 bits per heavy atom. The molecule has 15 heteroatoms. The van der Waals surface area contributed by atoms with E-state index in [0.29, 0.717) is 68.1 Å². The molecule has 1 amide bonds. The number of fused-ring (bicyclic) bond motifs is 4. The summed E-state index contributed by atoms with van der Waals surface area (Å²) >= 11 is 19.5. The molecule has 4 aromatic rings. The van der Waals surface area contributed by atoms with Crippen LogP contribution in [-0.4, -0.2) is 61.3 Å². The third-order valence-corrected chi connectivity index (χ3v) is 7.84. The average Bonchev–Trinajstić information content (AvgIpc) is 3.65. The SMILES string of the molecule is COC(O)Nc1cc2c(cc1Cl)-c1nc([nH]c1Cl)[C@@H](NC(=O)/C=C/c1cc(Cl)ccc1-n1cnnn1)CCC[C@@H](C)CN2. The summed E-state index contributed by atoms with van der Waals surface area (Å²) in [5, 5.41) is 31.7. The number of aromatic amines is 1. The van der Waals surface area contributed by atoms with Crippen molar-refractivity contribution in [3.8, 4) is 16.9 Å². The minimum atomic E-state index is -1.23. The van der Waals surface area contributed by atoms with Crippen molar-refractivity contribution in [2.75, 3.05) is 24.3 Å². The summed E-state index contributed by atoms with van der Waals surface area (Å²) < 4.78 is 6.40. The topological polar surface area (TPSA) is 155 Å². The first-order valence-corrected chi connectivity index (χ1v) is 14.7. The smallest absolute Gasteiger partial charge is 0.244 e. The Morgan fingerprint density at radius 2 is 2.07 bits per heavy atom. The number of anilines is 2. The summed E-state index contributed by atoms with van der Waals surface area (Å²) in [5.74, 6) is 0.523. The van der Waals surface area contributed by atoms with Gasteiger partial charge in [0, 0.05) is 41.6 Å². The van der Waals surface area contributed by atoms with E-state index in [1.165, 1.54) is 24.2 Å². The van der Waals surface area contributed by atoms with Crippen LogP contribution < -0.4 is 16.0 Å². The van der Waals surface area contributed by atoms with Crippen molar-refractivity contribution in [1.29, 1.82) is 0 Å². The molecule has 0 saturated heterocycles. The number of hydrogen-bond acceptors (Lipinski definition) is 9. The fourth-order valence-corrected chi connectivity index (χ4v) is 5.43. The van der Waals surface area contributed by atoms with Crippen molar-refractivity contribution in [1.82, 2.24) is 35.5 Å². The van der Waals surface area contributed by atoms with Gasteiger partial charge in [0.25, 0.3) is 0 Å². The minimum Gasteiger partial charge on any atom is -0.384 e. The van der Waals surface area contributed by atoms with Crippen molar-refractivity contribution in [2.45, 2.75) is 38.6 Å². The van der Waals surface area contributed by atoms with Crippen molar-refractivity contribution >= 4 is 58.2 Å². The monoisotopic (exact) mass is 645 g/mol. The molecule has 0 saturated carbocycles. The van der Waals surface area contributed by atoms with Gasteiger partial charge in [-0.1, -0.05) is 48.1 Å². The minimum absolute atomic E-state index is 0.304. The van der Waals surface area contributed by atoms with Crippen LogP contribution in [0, 0.1) is 5.92 Å². The summed E-state index contributed by atoms with van der Waals surface area (Å²) in [5.41, 5.74) is 3.69. The van der Waals surface area contributed by atoms with E-state index in [-0.39, 0.29) is 5.91 Å². The zero-order valence-corrected chi connectivity index (χ0v) is 25.6. The molecule has 5 N–H and O–H groups in total. The third-order valence-electron chi connectivity index (χ3n) is 7.02. The Labute approximate surface area is 262 Å². The third kappa shape index (κ3) is 7.46. The fraction of sp³-hybridized carbons (Fsp3) is 0.321. The van der Waals surface area contributed by atoms with Gasteiger partial charge in [0.1, 0.15) is 23.0 Å². The van der Waals surface area contributed by atoms with E-state index in [0.717, 1.165) is 18.5 Å². The number of aromatic nitrogens is 6. The Morgan fingerprint density at radius 1 is 1.23 bits per heavy atom. The first-order chi connectivity index (χ1) is 20.7. The van der Waals surface area contributed by atoms with Crippen LogP contribution in [0.2, 0.25) is 15.2 Å². The number of methoxy groups -OCH3 is 1. The molecule has 2 aromatic heterocycles. The van der Waals surface area contributed by atoms with Gasteiger partial charge in [0.05, 0.1) is 22.4 Å². The largest absolute Gasteiger partial charge is 0.384 e. The second-order valence-electron chi connectivity index (χ2n) is 10.2. The molecule has 1 unspecified atom stereocenters. The molecule has 1 aliphatic rings. The van der Waals surface area contributed by atoms with E-state index < -0.39 is 12.5 Å². The molecule has 0 radical (unpaired) electrons. The van der Waals surface area contributed by atoms with Gasteiger partial charge in [-0.15, -0.1) is 5.10 Å². The quantitative estimate of drug-likeness (QED) is 0.130. The molecule has 3 atom stereocenters. The number of halogens is 3. The number of aliphatic hydroxyl groups is 1. The lowest BCUT2D eigenvalue weighted by atomic mass is 10.00. The van der Waals surface area contributed by atoms with E-state index in [9.17, 15) is 9.90 Å². The summed E-state index contributed by atoms with van der Waals surface area (Å²) in [6.07, 6.45) is 5.72. The lowest BCUT2D eigenvalue weighted by molar-refractivity contribution is -0.117. The van der Waals surface area contributed by atoms with Gasteiger partial charge in [0.2, 0.25) is 12.3 Å². The molecule has 43 heavy (non-hydrogen) atoms. The molecular formula is C28H30Cl3N9O3. The van der Waals surface area contributed by atoms with Crippen LogP contribution >= 0.6 is 34.8 Å². The summed E-state index contributed by atoms with van der Waals surface area (Å²) in [7, 11) is 1.38. The molecule has 12 nitrogen and oxygen atoms in total. The number of H-pyrrole nitrogens is 1. The molecule has 2 bridgehead atoms. The number of amides is 1. The number of aliphatic hydroxyl groups excluding tert-OH is 1. The van der Waals surface area contributed by atoms with Crippen LogP contribution in [0.5, 0.6) is 0 Å². The highest BCUT2D eigenvalue weighted by Gasteiger charge is 2.24. The van der Waals surface area contributed by atoms with Crippen molar-refractivity contribution in [2.24, 2.45) is 5.92 Å². The molecule has 2 aromatic carbocycles. The highest BCUT2D eigenvalue weighted by molar-refractivity contribution is 6.34. The molecule has 1 aliphatic heterocycles. The molecule has 0 aliphatic carbocycles. The molecule has 5 rings (SSSR count). The fourth-order valence-electron chi connectivity index (χ4n) is 4.79. The van der Waals surface area contributed by atoms with E-state index in [1.807, 2.05) is 0 Å². The van der Waals surface area contributed by atoms with Gasteiger partial charge >= 0.3 is 0 Å². The van der Waals surface area contributed by atoms with E-state index >= 15 is 0 Å². The number of carbonyl (C=O) groups is 1. The van der Waals surface area contributed by atoms with Crippen LogP contribution in [0.4, 0.5) is 11.4 Å². The lowest BCUT2D eigenvalue weighted by Gasteiger charge is -2.21. The number of nitrogens with zero attached hydrogens (tertiary/aromatic N) is 5. The highest BCUT2D eigenvalue weighted by atomic mass is 35.5. The Bertz CT molecular complexity index is 1610. The normalized spacial score (nSPS) is 17.8. The van der Waals surface area contributed by atoms with Gasteiger partial charge in [0.15, 0.2) is 0 Å². The second kappa shape index (κ2) is 13.7. The Kier molecular flexibility index (Phi) is 9.83. The van der Waals surface area contributed by atoms with E-state index in [2.05, 4.69) is 43.4 Å². The molecular weight excluding hydrogens is 617 g/mol. The standard InChI is InChI=1S/C28H30Cl3N9O3/c1-15-4-3-5-20(34-24(41)9-6-16-10-17(29)7-8-23(16)40-14-33-38-39-40)27-36-25(26(31)37-27)18-11-19(30)22(35-28(42)43-2)12-21(18)32-13-15/h6-12,14-15,20,28,32,35,42H,3-5,13H2,1-2H3,(H,34,41)(H,36,37)/b9-6+/t15-,20+,28?/m1/s1. The zero-order valence-electron chi connectivity index (χ0n) is 23.3. The van der Waals surface area contributed by atoms with Crippen LogP contribution in [-0.2, 0) is 9.53 Å². The number of ether oxygens (including phenoxy) is 1. The number of tetrazole rings is 1. The van der Waals surface area contributed by atoms with Crippen LogP contribution in [0.25, 0.3) is 23.0 Å². The molecule has 0 spiro atoms. The highest BCUT2D eigenvalue weighted by Crippen LogP contribution is 2.39. The number of benzene rings is 2. The van der Waals surface area contributed by atoms with Crippen molar-refractivity contribution in [3.05, 3.63) is 69.3 Å². The van der Waals surface area contributed by atoms with E-state index in [1.54, 1.807) is 36.4 Å². The molecule has 0 fully saturated rings. The Hall–Kier alpha value is -3.68. The number of rotatable bonds is 7. The van der Waals surface area contributed by atoms with Crippen LogP contribution in [0.3, 0.4) is 0 Å². The number of nitrogens with one attached hydrogen (secondary N) is 4. The van der Waals surface area contributed by atoms with Gasteiger partial charge in [-0.2, -0.15) is 4.68 Å². The molecule has 3 heterocycles. The maximum atomic E-state index is 13.2. The predicted molar refractivity (Wildman–Crippen MR) is 166 cm³/mol.